The number of hydrogen-bond donors (Lipinski definition) is 2. The molecule has 9 heteroatoms. The van der Waals surface area contributed by atoms with Crippen LogP contribution in [0.1, 0.15) is 52.7 Å². The zero-order valence-electron chi connectivity index (χ0n) is 16.6. The second-order valence-electron chi connectivity index (χ2n) is 7.95. The summed E-state index contributed by atoms with van der Waals surface area (Å²) in [6, 6.07) is 5.99. The molecule has 8 nitrogen and oxygen atoms in total. The number of hydrogen-bond acceptors (Lipinski definition) is 6. The molecular weight excluding hydrogens is 375 g/mol. The van der Waals surface area contributed by atoms with Crippen molar-refractivity contribution >= 4 is 30.9 Å². The minimum atomic E-state index is -1.80. The highest BCUT2D eigenvalue weighted by molar-refractivity contribution is 6.60. The summed E-state index contributed by atoms with van der Waals surface area (Å²) in [6.45, 7) is 6.04. The van der Waals surface area contributed by atoms with Crippen LogP contribution in [-0.4, -0.2) is 57.1 Å². The molecule has 29 heavy (non-hydrogen) atoms. The highest BCUT2D eigenvalue weighted by atomic mass is 16.6. The quantitative estimate of drug-likeness (QED) is 0.589. The fraction of sp³-hybridized carbons (Fsp3) is 0.350. The Hall–Kier alpha value is -2.91. The fourth-order valence-electron chi connectivity index (χ4n) is 3.31. The zero-order chi connectivity index (χ0) is 21.3. The molecule has 0 fully saturated rings. The van der Waals surface area contributed by atoms with Crippen molar-refractivity contribution < 1.29 is 29.2 Å². The van der Waals surface area contributed by atoms with Gasteiger partial charge in [0.15, 0.2) is 0 Å². The van der Waals surface area contributed by atoms with E-state index in [1.54, 1.807) is 31.9 Å². The van der Waals surface area contributed by atoms with E-state index in [-0.39, 0.29) is 29.0 Å². The van der Waals surface area contributed by atoms with E-state index < -0.39 is 18.8 Å². The van der Waals surface area contributed by atoms with Gasteiger partial charge in [0.2, 0.25) is 0 Å². The first kappa shape index (κ1) is 20.8. The summed E-state index contributed by atoms with van der Waals surface area (Å²) < 4.78 is 6.85. The monoisotopic (exact) mass is 398 g/mol. The number of fused-ring (bicyclic) bond motifs is 1. The molecule has 0 saturated heterocycles. The predicted octanol–water partition coefficient (Wildman–Crippen LogP) is 0.962. The number of benzene rings is 1. The van der Waals surface area contributed by atoms with E-state index in [1.807, 2.05) is 6.07 Å². The van der Waals surface area contributed by atoms with Crippen molar-refractivity contribution in [2.45, 2.75) is 39.3 Å². The summed E-state index contributed by atoms with van der Waals surface area (Å²) in [5.41, 5.74) is 1.37. The van der Waals surface area contributed by atoms with Crippen molar-refractivity contribution in [2.24, 2.45) is 0 Å². The molecule has 1 amide bonds. The van der Waals surface area contributed by atoms with Crippen LogP contribution in [0.4, 0.5) is 4.79 Å². The van der Waals surface area contributed by atoms with Gasteiger partial charge in [-0.25, -0.2) is 4.79 Å². The van der Waals surface area contributed by atoms with Gasteiger partial charge in [0.1, 0.15) is 11.9 Å². The Bertz CT molecular complexity index is 960. The second kappa shape index (κ2) is 7.84. The molecule has 2 aromatic rings. The smallest absolute Gasteiger partial charge is 0.443 e. The van der Waals surface area contributed by atoms with Crippen LogP contribution in [0, 0.1) is 0 Å². The van der Waals surface area contributed by atoms with Crippen LogP contribution in [0.25, 0.3) is 0 Å². The Balaban J connectivity index is 1.84. The Labute approximate surface area is 168 Å². The van der Waals surface area contributed by atoms with Crippen molar-refractivity contribution in [3.63, 3.8) is 0 Å². The van der Waals surface area contributed by atoms with E-state index in [0.717, 1.165) is 5.56 Å². The van der Waals surface area contributed by atoms with E-state index in [0.29, 0.717) is 24.9 Å². The highest BCUT2D eigenvalue weighted by Crippen LogP contribution is 2.23. The standard InChI is InChI=1S/C20H23BN2O6/c1-20(2,3)29-19(26)23-9-7-13-6-8-22(11-17(13)23)18(25)14-4-5-16(21(27)28)15(10-14)12-24/h4-5,7,9-10,12,27-28H,6,8,11H2,1-3H3. The van der Waals surface area contributed by atoms with Gasteiger partial charge in [-0.2, -0.15) is 0 Å². The van der Waals surface area contributed by atoms with Crippen molar-refractivity contribution in [3.8, 4) is 0 Å². The maximum Gasteiger partial charge on any atom is 0.489 e. The van der Waals surface area contributed by atoms with Crippen LogP contribution in [0.15, 0.2) is 30.5 Å². The summed E-state index contributed by atoms with van der Waals surface area (Å²) >= 11 is 0. The maximum absolute atomic E-state index is 13.0. The Kier molecular flexibility index (Phi) is 5.63. The third-order valence-electron chi connectivity index (χ3n) is 4.69. The molecule has 0 atom stereocenters. The van der Waals surface area contributed by atoms with E-state index in [2.05, 4.69) is 0 Å². The number of ether oxygens (including phenoxy) is 1. The summed E-state index contributed by atoms with van der Waals surface area (Å²) in [6.07, 6.45) is 2.21. The van der Waals surface area contributed by atoms with Crippen LogP contribution in [0.2, 0.25) is 0 Å². The van der Waals surface area contributed by atoms with E-state index in [9.17, 15) is 24.4 Å². The fourth-order valence-corrected chi connectivity index (χ4v) is 3.31. The lowest BCUT2D eigenvalue weighted by atomic mass is 9.76. The molecule has 0 saturated carbocycles. The minimum Gasteiger partial charge on any atom is -0.443 e. The first-order valence-electron chi connectivity index (χ1n) is 9.27. The summed E-state index contributed by atoms with van der Waals surface area (Å²) in [7, 11) is -1.80. The number of carbonyl (C=O) groups excluding carboxylic acids is 3. The number of nitrogens with zero attached hydrogens (tertiary/aromatic N) is 2. The maximum atomic E-state index is 13.0. The van der Waals surface area contributed by atoms with Crippen LogP contribution in [0.5, 0.6) is 0 Å². The molecule has 1 aliphatic heterocycles. The Morgan fingerprint density at radius 2 is 1.93 bits per heavy atom. The van der Waals surface area contributed by atoms with E-state index in [4.69, 9.17) is 4.74 Å². The van der Waals surface area contributed by atoms with E-state index >= 15 is 0 Å². The molecule has 1 aliphatic rings. The number of aldehydes is 1. The molecule has 3 rings (SSSR count). The average molecular weight is 398 g/mol. The molecular formula is C20H23BN2O6. The minimum absolute atomic E-state index is 0.0382. The average Bonchev–Trinajstić information content (AvgIpc) is 3.08. The van der Waals surface area contributed by atoms with Gasteiger partial charge in [-0.3, -0.25) is 14.2 Å². The second-order valence-corrected chi connectivity index (χ2v) is 7.95. The molecule has 2 N–H and O–H groups in total. The molecule has 152 valence electrons. The summed E-state index contributed by atoms with van der Waals surface area (Å²) in [4.78, 5) is 38.3. The molecule has 0 bridgehead atoms. The van der Waals surface area contributed by atoms with Gasteiger partial charge in [-0.15, -0.1) is 0 Å². The number of carbonyl (C=O) groups is 3. The van der Waals surface area contributed by atoms with Gasteiger partial charge >= 0.3 is 13.2 Å². The van der Waals surface area contributed by atoms with Gasteiger partial charge in [-0.05, 0) is 56.4 Å². The van der Waals surface area contributed by atoms with Gasteiger partial charge in [-0.1, -0.05) is 6.07 Å². The van der Waals surface area contributed by atoms with Crippen molar-refractivity contribution in [2.75, 3.05) is 6.54 Å². The molecule has 1 aromatic carbocycles. The van der Waals surface area contributed by atoms with Crippen LogP contribution in [0.3, 0.4) is 0 Å². The van der Waals surface area contributed by atoms with Crippen molar-refractivity contribution in [1.29, 1.82) is 0 Å². The van der Waals surface area contributed by atoms with Crippen molar-refractivity contribution in [3.05, 3.63) is 52.8 Å². The normalized spacial score (nSPS) is 13.6. The number of rotatable bonds is 3. The zero-order valence-corrected chi connectivity index (χ0v) is 16.6. The number of aromatic nitrogens is 1. The van der Waals surface area contributed by atoms with Gasteiger partial charge in [0, 0.05) is 23.9 Å². The largest absolute Gasteiger partial charge is 0.489 e. The summed E-state index contributed by atoms with van der Waals surface area (Å²) in [5.74, 6) is -0.310. The van der Waals surface area contributed by atoms with E-state index in [1.165, 1.54) is 22.8 Å². The first-order chi connectivity index (χ1) is 13.6. The molecule has 0 aliphatic carbocycles. The van der Waals surface area contributed by atoms with Crippen molar-refractivity contribution in [1.82, 2.24) is 9.47 Å². The predicted molar refractivity (Wildman–Crippen MR) is 106 cm³/mol. The third-order valence-corrected chi connectivity index (χ3v) is 4.69. The van der Waals surface area contributed by atoms with Crippen LogP contribution >= 0.6 is 0 Å². The number of amides is 1. The lowest BCUT2D eigenvalue weighted by molar-refractivity contribution is 0.0519. The Morgan fingerprint density at radius 3 is 2.55 bits per heavy atom. The van der Waals surface area contributed by atoms with Gasteiger partial charge < -0.3 is 19.7 Å². The SMILES string of the molecule is CC(C)(C)OC(=O)n1ccc2c1CN(C(=O)c1ccc(B(O)O)c(C=O)c1)CC2. The molecule has 0 radical (unpaired) electrons. The molecule has 2 heterocycles. The molecule has 0 unspecified atom stereocenters. The molecule has 1 aromatic heterocycles. The lowest BCUT2D eigenvalue weighted by Gasteiger charge is -2.29. The summed E-state index contributed by atoms with van der Waals surface area (Å²) in [5, 5.41) is 18.6. The first-order valence-corrected chi connectivity index (χ1v) is 9.27. The van der Waals surface area contributed by atoms with Gasteiger partial charge in [0.25, 0.3) is 5.91 Å². The van der Waals surface area contributed by atoms with Crippen LogP contribution in [-0.2, 0) is 17.7 Å². The molecule has 0 spiro atoms. The highest BCUT2D eigenvalue weighted by Gasteiger charge is 2.28. The van der Waals surface area contributed by atoms with Crippen LogP contribution < -0.4 is 5.46 Å². The third kappa shape index (κ3) is 4.41. The lowest BCUT2D eigenvalue weighted by Crippen LogP contribution is -2.38. The van der Waals surface area contributed by atoms with Gasteiger partial charge in [0.05, 0.1) is 12.2 Å². The Morgan fingerprint density at radius 1 is 1.21 bits per heavy atom. The topological polar surface area (TPSA) is 109 Å².